The maximum atomic E-state index is 13.5. The maximum absolute atomic E-state index is 13.5. The lowest BCUT2D eigenvalue weighted by Crippen LogP contribution is -2.25. The Morgan fingerprint density at radius 2 is 1.92 bits per heavy atom. The zero-order valence-corrected chi connectivity index (χ0v) is 22.0. The molecule has 14 heteroatoms. The molecule has 1 aromatic carbocycles. The van der Waals surface area contributed by atoms with E-state index in [0.29, 0.717) is 23.2 Å². The highest BCUT2D eigenvalue weighted by Gasteiger charge is 2.31. The number of para-hydroxylation sites is 2. The van der Waals surface area contributed by atoms with Crippen LogP contribution in [-0.4, -0.2) is 65.1 Å². The summed E-state index contributed by atoms with van der Waals surface area (Å²) in [6, 6.07) is 8.23. The van der Waals surface area contributed by atoms with E-state index in [0.717, 1.165) is 0 Å². The van der Waals surface area contributed by atoms with Gasteiger partial charge in [-0.05, 0) is 32.0 Å². The van der Waals surface area contributed by atoms with Crippen LogP contribution in [0.4, 0.5) is 18.0 Å². The van der Waals surface area contributed by atoms with E-state index in [9.17, 15) is 22.5 Å². The molecular formula is C24H28F3N3O7S. The molecule has 0 aliphatic carbocycles. The summed E-state index contributed by atoms with van der Waals surface area (Å²) in [5, 5.41) is 0.0805. The van der Waals surface area contributed by atoms with Crippen LogP contribution in [0.1, 0.15) is 30.8 Å². The highest BCUT2D eigenvalue weighted by molar-refractivity contribution is 7.90. The van der Waals surface area contributed by atoms with Crippen molar-refractivity contribution in [1.82, 2.24) is 14.5 Å². The Kier molecular flexibility index (Phi) is 10.2. The van der Waals surface area contributed by atoms with Crippen molar-refractivity contribution in [2.75, 3.05) is 27.4 Å². The number of pyridine rings is 1. The normalized spacial score (nSPS) is 14.2. The number of carbonyl (C=O) groups excluding carboxylic acids is 1. The Hall–Kier alpha value is -3.07. The van der Waals surface area contributed by atoms with Crippen LogP contribution in [0.2, 0.25) is 0 Å². The Morgan fingerprint density at radius 3 is 2.61 bits per heavy atom. The standard InChI is InChI=1S/C24H28F3N3O7S/c1-15-18(28-11-9-20(15)35-14-24(25,26)27)13-38(32)22-29-17-7-5-6-8-19(17)30(22)16(2)36-23(31)37-21(34-4)10-12-33-3/h5-9,11,16,21H,10,12-14H2,1-4H3. The lowest BCUT2D eigenvalue weighted by atomic mass is 10.2. The number of rotatable bonds is 12. The van der Waals surface area contributed by atoms with Gasteiger partial charge in [0.15, 0.2) is 18.6 Å². The van der Waals surface area contributed by atoms with Crippen molar-refractivity contribution in [1.29, 1.82) is 0 Å². The molecule has 2 heterocycles. The first-order valence-electron chi connectivity index (χ1n) is 11.4. The third-order valence-electron chi connectivity index (χ3n) is 5.36. The number of halogens is 3. The summed E-state index contributed by atoms with van der Waals surface area (Å²) in [5.74, 6) is -0.184. The van der Waals surface area contributed by atoms with Crippen LogP contribution in [0.3, 0.4) is 0 Å². The summed E-state index contributed by atoms with van der Waals surface area (Å²) >= 11 is -1.83. The van der Waals surface area contributed by atoms with Gasteiger partial charge in [-0.3, -0.25) is 4.98 Å². The third-order valence-corrected chi connectivity index (χ3v) is 6.59. The molecule has 0 aliphatic rings. The van der Waals surface area contributed by atoms with Gasteiger partial charge in [-0.15, -0.1) is 0 Å². The van der Waals surface area contributed by atoms with Gasteiger partial charge in [0.2, 0.25) is 6.29 Å². The van der Waals surface area contributed by atoms with Crippen LogP contribution < -0.4 is 4.74 Å². The van der Waals surface area contributed by atoms with E-state index >= 15 is 0 Å². The minimum atomic E-state index is -4.51. The quantitative estimate of drug-likeness (QED) is 0.177. The van der Waals surface area contributed by atoms with Crippen LogP contribution in [0.25, 0.3) is 11.0 Å². The van der Waals surface area contributed by atoms with Gasteiger partial charge in [0.1, 0.15) is 5.75 Å². The van der Waals surface area contributed by atoms with Crippen molar-refractivity contribution in [3.63, 3.8) is 0 Å². The van der Waals surface area contributed by atoms with E-state index in [1.807, 2.05) is 0 Å². The van der Waals surface area contributed by atoms with Gasteiger partial charge in [0.05, 0.1) is 23.3 Å². The smallest absolute Gasteiger partial charge is 0.512 e. The largest absolute Gasteiger partial charge is 0.609 e. The van der Waals surface area contributed by atoms with Crippen LogP contribution in [-0.2, 0) is 35.9 Å². The average molecular weight is 560 g/mol. The van der Waals surface area contributed by atoms with E-state index in [-0.39, 0.29) is 28.8 Å². The number of hydrogen-bond donors (Lipinski definition) is 0. The number of methoxy groups -OCH3 is 2. The third kappa shape index (κ3) is 7.72. The minimum absolute atomic E-state index is 0.0153. The molecule has 10 nitrogen and oxygen atoms in total. The Balaban J connectivity index is 1.83. The summed E-state index contributed by atoms with van der Waals surface area (Å²) in [6.07, 6.45) is -5.81. The Labute approximate surface area is 220 Å². The fourth-order valence-corrected chi connectivity index (χ4v) is 4.84. The van der Waals surface area contributed by atoms with E-state index in [1.54, 1.807) is 31.2 Å². The molecule has 0 saturated carbocycles. The highest BCUT2D eigenvalue weighted by Crippen LogP contribution is 2.29. The van der Waals surface area contributed by atoms with Crippen molar-refractivity contribution in [2.45, 2.75) is 49.9 Å². The number of alkyl halides is 3. The predicted octanol–water partition coefficient (Wildman–Crippen LogP) is 4.67. The Morgan fingerprint density at radius 1 is 1.18 bits per heavy atom. The SMILES string of the molecule is COCCC(OC)OC(=O)OC(C)n1c([S+]([O-])Cc2nccc(OCC(F)(F)F)c2C)nc2ccccc21. The van der Waals surface area contributed by atoms with E-state index < -0.39 is 42.6 Å². The molecule has 3 unspecified atom stereocenters. The van der Waals surface area contributed by atoms with Crippen molar-refractivity contribution in [3.05, 3.63) is 47.8 Å². The second-order valence-electron chi connectivity index (χ2n) is 8.06. The van der Waals surface area contributed by atoms with Crippen LogP contribution >= 0.6 is 0 Å². The van der Waals surface area contributed by atoms with Crippen molar-refractivity contribution in [2.24, 2.45) is 0 Å². The summed E-state index contributed by atoms with van der Waals surface area (Å²) < 4.78 is 78.3. The minimum Gasteiger partial charge on any atom is -0.609 e. The molecule has 208 valence electrons. The summed E-state index contributed by atoms with van der Waals surface area (Å²) in [5.41, 5.74) is 1.64. The molecule has 2 aromatic heterocycles. The molecular weight excluding hydrogens is 531 g/mol. The monoisotopic (exact) mass is 559 g/mol. The molecule has 0 fully saturated rings. The van der Waals surface area contributed by atoms with Crippen LogP contribution in [0, 0.1) is 6.92 Å². The topological polar surface area (TPSA) is 117 Å². The van der Waals surface area contributed by atoms with Gasteiger partial charge in [0.25, 0.3) is 0 Å². The number of imidazole rings is 1. The number of ether oxygens (including phenoxy) is 5. The van der Waals surface area contributed by atoms with E-state index in [1.165, 1.54) is 38.0 Å². The lowest BCUT2D eigenvalue weighted by Gasteiger charge is -2.21. The summed E-state index contributed by atoms with van der Waals surface area (Å²) in [4.78, 5) is 21.1. The van der Waals surface area contributed by atoms with Crippen LogP contribution in [0.15, 0.2) is 41.7 Å². The number of aromatic nitrogens is 3. The first-order chi connectivity index (χ1) is 18.0. The van der Waals surface area contributed by atoms with Crippen molar-refractivity contribution < 1.29 is 46.2 Å². The summed E-state index contributed by atoms with van der Waals surface area (Å²) in [6.45, 7) is 1.93. The molecule has 0 bridgehead atoms. The molecule has 0 saturated heterocycles. The average Bonchev–Trinajstić information content (AvgIpc) is 3.26. The fraction of sp³-hybridized carbons (Fsp3) is 0.458. The Bertz CT molecular complexity index is 1220. The maximum Gasteiger partial charge on any atom is 0.512 e. The van der Waals surface area contributed by atoms with Crippen molar-refractivity contribution >= 4 is 28.4 Å². The fourth-order valence-electron chi connectivity index (χ4n) is 3.51. The van der Waals surface area contributed by atoms with Crippen LogP contribution in [0.5, 0.6) is 5.75 Å². The van der Waals surface area contributed by atoms with Gasteiger partial charge in [-0.1, -0.05) is 12.1 Å². The second-order valence-corrected chi connectivity index (χ2v) is 9.40. The number of hydrogen-bond acceptors (Lipinski definition) is 9. The molecule has 0 N–H and O–H groups in total. The summed E-state index contributed by atoms with van der Waals surface area (Å²) in [7, 11) is 2.88. The number of benzene rings is 1. The second kappa shape index (κ2) is 13.1. The first kappa shape index (κ1) is 29.5. The van der Waals surface area contributed by atoms with E-state index in [2.05, 4.69) is 9.97 Å². The van der Waals surface area contributed by atoms with Gasteiger partial charge >= 0.3 is 17.5 Å². The molecule has 0 spiro atoms. The van der Waals surface area contributed by atoms with Gasteiger partial charge in [0, 0.05) is 43.6 Å². The molecule has 38 heavy (non-hydrogen) atoms. The number of fused-ring (bicyclic) bond motifs is 1. The lowest BCUT2D eigenvalue weighted by molar-refractivity contribution is -0.153. The highest BCUT2D eigenvalue weighted by atomic mass is 32.2. The van der Waals surface area contributed by atoms with Gasteiger partial charge in [-0.25, -0.2) is 9.36 Å². The molecule has 0 radical (unpaired) electrons. The molecule has 0 aliphatic heterocycles. The van der Waals surface area contributed by atoms with Gasteiger partial charge in [-0.2, -0.15) is 18.2 Å². The molecule has 3 rings (SSSR count). The molecule has 3 atom stereocenters. The number of nitrogens with zero attached hydrogens (tertiary/aromatic N) is 3. The first-order valence-corrected chi connectivity index (χ1v) is 12.7. The van der Waals surface area contributed by atoms with Gasteiger partial charge < -0.3 is 28.2 Å². The predicted molar refractivity (Wildman–Crippen MR) is 130 cm³/mol. The van der Waals surface area contributed by atoms with Crippen molar-refractivity contribution in [3.8, 4) is 5.75 Å². The zero-order valence-electron chi connectivity index (χ0n) is 21.2. The van der Waals surface area contributed by atoms with E-state index in [4.69, 9.17) is 23.7 Å². The molecule has 0 amide bonds. The number of carbonyl (C=O) groups is 1. The zero-order chi connectivity index (χ0) is 27.9. The molecule has 3 aromatic rings.